The molecule has 2 heterocycles. The quantitative estimate of drug-likeness (QED) is 0.589. The molecular weight excluding hydrogens is 418 g/mol. The predicted octanol–water partition coefficient (Wildman–Crippen LogP) is 3.83. The summed E-state index contributed by atoms with van der Waals surface area (Å²) in [5.74, 6) is -0.262. The zero-order valence-electron chi connectivity index (χ0n) is 16.6. The van der Waals surface area contributed by atoms with Crippen molar-refractivity contribution in [2.75, 3.05) is 13.1 Å². The minimum Gasteiger partial charge on any atom is -0.347 e. The van der Waals surface area contributed by atoms with Crippen LogP contribution < -0.4 is 5.32 Å². The Morgan fingerprint density at radius 2 is 1.67 bits per heavy atom. The Morgan fingerprint density at radius 1 is 0.967 bits per heavy atom. The van der Waals surface area contributed by atoms with Crippen LogP contribution in [0.2, 0.25) is 0 Å². The first kappa shape index (κ1) is 21.0. The molecule has 3 aromatic rings. The number of sulfonamides is 1. The van der Waals surface area contributed by atoms with Gasteiger partial charge in [0.2, 0.25) is 10.0 Å². The molecule has 158 valence electrons. The summed E-state index contributed by atoms with van der Waals surface area (Å²) < 4.78 is 29.3. The van der Waals surface area contributed by atoms with Gasteiger partial charge in [-0.25, -0.2) is 8.42 Å². The molecule has 1 amide bonds. The van der Waals surface area contributed by atoms with E-state index in [1.165, 1.54) is 3.97 Å². The second kappa shape index (κ2) is 8.83. The summed E-state index contributed by atoms with van der Waals surface area (Å²) in [6, 6.07) is 16.3. The second-order valence-corrected chi connectivity index (χ2v) is 9.89. The van der Waals surface area contributed by atoms with E-state index in [1.54, 1.807) is 28.6 Å². The van der Waals surface area contributed by atoms with Crippen LogP contribution in [0, 0.1) is 0 Å². The van der Waals surface area contributed by atoms with Crippen LogP contribution >= 0.6 is 12.8 Å². The summed E-state index contributed by atoms with van der Waals surface area (Å²) in [4.78, 5) is 12.9. The number of hydrogen-bond donors (Lipinski definition) is 2. The number of hydrogen-bond acceptors (Lipinski definition) is 4. The van der Waals surface area contributed by atoms with Crippen molar-refractivity contribution in [3.63, 3.8) is 0 Å². The van der Waals surface area contributed by atoms with E-state index < -0.39 is 10.0 Å². The Bertz CT molecular complexity index is 1150. The van der Waals surface area contributed by atoms with Crippen LogP contribution in [0.4, 0.5) is 0 Å². The highest BCUT2D eigenvalue weighted by Crippen LogP contribution is 2.27. The lowest BCUT2D eigenvalue weighted by Crippen LogP contribution is -2.31. The maximum atomic E-state index is 13.1. The minimum absolute atomic E-state index is 0.257. The van der Waals surface area contributed by atoms with E-state index in [2.05, 4.69) is 18.1 Å². The van der Waals surface area contributed by atoms with Gasteiger partial charge in [-0.2, -0.15) is 4.31 Å². The van der Waals surface area contributed by atoms with Crippen LogP contribution in [-0.2, 0) is 16.6 Å². The Hall–Kier alpha value is -2.29. The lowest BCUT2D eigenvalue weighted by atomic mass is 10.2. The average Bonchev–Trinajstić information content (AvgIpc) is 2.93. The molecule has 4 rings (SSSR count). The lowest BCUT2D eigenvalue weighted by molar-refractivity contribution is 0.0946. The van der Waals surface area contributed by atoms with Crippen molar-refractivity contribution in [1.82, 2.24) is 13.6 Å². The molecule has 0 unspecified atom stereocenters. The molecule has 1 aliphatic rings. The maximum absolute atomic E-state index is 13.1. The van der Waals surface area contributed by atoms with Gasteiger partial charge in [-0.3, -0.25) is 8.77 Å². The third kappa shape index (κ3) is 4.26. The van der Waals surface area contributed by atoms with Crippen molar-refractivity contribution in [1.29, 1.82) is 0 Å². The fourth-order valence-corrected chi connectivity index (χ4v) is 5.69. The van der Waals surface area contributed by atoms with Crippen LogP contribution in [0.1, 0.15) is 41.7 Å². The van der Waals surface area contributed by atoms with E-state index in [0.29, 0.717) is 36.2 Å². The lowest BCUT2D eigenvalue weighted by Gasteiger charge is -2.19. The van der Waals surface area contributed by atoms with Gasteiger partial charge in [0.1, 0.15) is 5.69 Å². The van der Waals surface area contributed by atoms with Gasteiger partial charge in [-0.05, 0) is 42.7 Å². The van der Waals surface area contributed by atoms with Crippen molar-refractivity contribution in [3.05, 3.63) is 65.9 Å². The number of carbonyl (C=O) groups excluding carboxylic acids is 1. The molecule has 2 aromatic carbocycles. The number of thiol groups is 1. The predicted molar refractivity (Wildman–Crippen MR) is 121 cm³/mol. The molecular formula is C22H25N3O3S2. The van der Waals surface area contributed by atoms with Crippen molar-refractivity contribution in [2.24, 2.45) is 0 Å². The highest BCUT2D eigenvalue weighted by atomic mass is 32.2. The molecule has 1 aromatic heterocycles. The van der Waals surface area contributed by atoms with Gasteiger partial charge in [0.15, 0.2) is 0 Å². The fourth-order valence-electron chi connectivity index (χ4n) is 3.80. The van der Waals surface area contributed by atoms with Crippen LogP contribution in [0.3, 0.4) is 0 Å². The van der Waals surface area contributed by atoms with Crippen molar-refractivity contribution in [3.8, 4) is 0 Å². The minimum atomic E-state index is -3.55. The van der Waals surface area contributed by atoms with Crippen LogP contribution in [0.5, 0.6) is 0 Å². The van der Waals surface area contributed by atoms with E-state index in [-0.39, 0.29) is 10.8 Å². The Kier molecular flexibility index (Phi) is 6.17. The summed E-state index contributed by atoms with van der Waals surface area (Å²) in [5.41, 5.74) is 2.06. The number of rotatable bonds is 5. The van der Waals surface area contributed by atoms with Crippen LogP contribution in [-0.4, -0.2) is 35.7 Å². The van der Waals surface area contributed by atoms with E-state index in [4.69, 9.17) is 0 Å². The van der Waals surface area contributed by atoms with E-state index >= 15 is 0 Å². The summed E-state index contributed by atoms with van der Waals surface area (Å²) >= 11 is 4.45. The molecule has 1 aliphatic heterocycles. The highest BCUT2D eigenvalue weighted by Gasteiger charge is 2.26. The summed E-state index contributed by atoms with van der Waals surface area (Å²) in [6.45, 7) is 1.52. The first-order valence-corrected chi connectivity index (χ1v) is 12.0. The van der Waals surface area contributed by atoms with E-state index in [0.717, 1.165) is 31.2 Å². The molecule has 1 N–H and O–H groups in total. The molecule has 6 nitrogen and oxygen atoms in total. The van der Waals surface area contributed by atoms with Gasteiger partial charge in [0.25, 0.3) is 5.91 Å². The van der Waals surface area contributed by atoms with Crippen LogP contribution in [0.15, 0.2) is 59.5 Å². The topological polar surface area (TPSA) is 71.4 Å². The zero-order chi connectivity index (χ0) is 21.1. The summed E-state index contributed by atoms with van der Waals surface area (Å²) in [7, 11) is -3.55. The molecule has 0 bridgehead atoms. The first-order valence-electron chi connectivity index (χ1n) is 10.1. The van der Waals surface area contributed by atoms with E-state index in [1.807, 2.05) is 30.3 Å². The normalized spacial score (nSPS) is 15.8. The van der Waals surface area contributed by atoms with Gasteiger partial charge in [-0.15, -0.1) is 0 Å². The molecule has 0 aliphatic carbocycles. The average molecular weight is 444 g/mol. The number of carbonyl (C=O) groups is 1. The number of amides is 1. The molecule has 8 heteroatoms. The zero-order valence-corrected chi connectivity index (χ0v) is 18.3. The van der Waals surface area contributed by atoms with E-state index in [9.17, 15) is 13.2 Å². The number of nitrogens with zero attached hydrogens (tertiary/aromatic N) is 2. The monoisotopic (exact) mass is 443 g/mol. The molecule has 1 saturated heterocycles. The van der Waals surface area contributed by atoms with Crippen molar-refractivity contribution in [2.45, 2.75) is 37.1 Å². The van der Waals surface area contributed by atoms with Gasteiger partial charge in [0.05, 0.1) is 10.4 Å². The van der Waals surface area contributed by atoms with Gasteiger partial charge >= 0.3 is 0 Å². The molecule has 0 atom stereocenters. The third-order valence-electron chi connectivity index (χ3n) is 5.48. The van der Waals surface area contributed by atoms with Gasteiger partial charge < -0.3 is 5.32 Å². The Labute approximate surface area is 182 Å². The molecule has 0 radical (unpaired) electrons. The van der Waals surface area contributed by atoms with Crippen molar-refractivity contribution >= 4 is 39.6 Å². The molecule has 30 heavy (non-hydrogen) atoms. The number of nitrogens with one attached hydrogen (secondary N) is 1. The number of benzene rings is 2. The van der Waals surface area contributed by atoms with Gasteiger partial charge in [-0.1, -0.05) is 56.0 Å². The number of fused-ring (bicyclic) bond motifs is 1. The summed E-state index contributed by atoms with van der Waals surface area (Å²) in [6.07, 6.45) is 3.91. The fraction of sp³-hybridized carbons (Fsp3) is 0.318. The number of aromatic nitrogens is 1. The highest BCUT2D eigenvalue weighted by molar-refractivity contribution is 7.89. The second-order valence-electron chi connectivity index (χ2n) is 7.55. The summed E-state index contributed by atoms with van der Waals surface area (Å²) in [5, 5.41) is 3.56. The third-order valence-corrected chi connectivity index (χ3v) is 7.80. The van der Waals surface area contributed by atoms with Gasteiger partial charge in [0, 0.05) is 25.0 Å². The van der Waals surface area contributed by atoms with Crippen molar-refractivity contribution < 1.29 is 13.2 Å². The molecule has 0 saturated carbocycles. The Morgan fingerprint density at radius 3 is 2.37 bits per heavy atom. The molecule has 1 fully saturated rings. The van der Waals surface area contributed by atoms with Crippen LogP contribution in [0.25, 0.3) is 10.9 Å². The smallest absolute Gasteiger partial charge is 0.269 e. The SMILES string of the molecule is O=C(NCc1ccccc1)c1cc2cc(S(=O)(=O)N3CCCCCC3)ccc2n1S. The first-order chi connectivity index (χ1) is 14.5. The largest absolute Gasteiger partial charge is 0.347 e. The standard InChI is InChI=1S/C22H25N3O3S2/c26-22(23-16-17-8-4-3-5-9-17)21-15-18-14-19(10-11-20(18)25(21)29)30(27,28)24-12-6-1-2-7-13-24/h3-5,8-11,14-15,29H,1-2,6-7,12-13,16H2,(H,23,26). The maximum Gasteiger partial charge on any atom is 0.269 e. The molecule has 0 spiro atoms. The Balaban J connectivity index is 1.58.